The summed E-state index contributed by atoms with van der Waals surface area (Å²) in [5.41, 5.74) is 1.56. The molecule has 0 aliphatic carbocycles. The number of rotatable bonds is 4. The van der Waals surface area contributed by atoms with Gasteiger partial charge in [-0.1, -0.05) is 91.0 Å². The van der Waals surface area contributed by atoms with E-state index >= 15 is 0 Å². The molecule has 4 heteroatoms. The van der Waals surface area contributed by atoms with Gasteiger partial charge in [-0.15, -0.1) is 0 Å². The van der Waals surface area contributed by atoms with E-state index in [1.807, 2.05) is 97.9 Å². The van der Waals surface area contributed by atoms with Crippen molar-refractivity contribution < 1.29 is 4.79 Å². The second kappa shape index (κ2) is 6.72. The van der Waals surface area contributed by atoms with Gasteiger partial charge in [-0.25, -0.2) is 0 Å². The molecule has 0 saturated carbocycles. The van der Waals surface area contributed by atoms with Crippen molar-refractivity contribution in [2.45, 2.75) is 18.5 Å². The maximum Gasteiger partial charge on any atom is 0.264 e. The summed E-state index contributed by atoms with van der Waals surface area (Å²) in [5, 5.41) is 11.8. The number of hydrogen-bond donors (Lipinski definition) is 2. The minimum atomic E-state index is -1.09. The van der Waals surface area contributed by atoms with E-state index < -0.39 is 5.54 Å². The molecule has 27 heavy (non-hydrogen) atoms. The minimum absolute atomic E-state index is 0.115. The highest BCUT2D eigenvalue weighted by Crippen LogP contribution is 2.38. The Hall–Kier alpha value is -3.40. The molecule has 1 aliphatic heterocycles. The Kier molecular flexibility index (Phi) is 4.24. The number of amides is 1. The van der Waals surface area contributed by atoms with Crippen LogP contribution in [0.5, 0.6) is 0 Å². The SMILES string of the molecule is CC(c1ccccc1)N1C(=N)NC(c2ccccc2)(c2ccccc2)C1=O. The molecule has 1 unspecified atom stereocenters. The van der Waals surface area contributed by atoms with Crippen molar-refractivity contribution in [1.82, 2.24) is 10.2 Å². The average Bonchev–Trinajstić information content (AvgIpc) is 3.00. The molecule has 1 saturated heterocycles. The normalized spacial score (nSPS) is 16.9. The van der Waals surface area contributed by atoms with Crippen LogP contribution in [0.3, 0.4) is 0 Å². The predicted octanol–water partition coefficient (Wildman–Crippen LogP) is 4.06. The molecule has 1 fully saturated rings. The first-order chi connectivity index (χ1) is 13.1. The number of benzene rings is 3. The zero-order chi connectivity index (χ0) is 18.9. The van der Waals surface area contributed by atoms with Crippen LogP contribution in [0.25, 0.3) is 0 Å². The molecular formula is C23H21N3O. The van der Waals surface area contributed by atoms with Crippen LogP contribution < -0.4 is 5.32 Å². The van der Waals surface area contributed by atoms with Gasteiger partial charge < -0.3 is 5.32 Å². The van der Waals surface area contributed by atoms with Crippen LogP contribution in [0, 0.1) is 5.41 Å². The highest BCUT2D eigenvalue weighted by molar-refractivity contribution is 6.10. The highest BCUT2D eigenvalue weighted by Gasteiger charge is 2.53. The van der Waals surface area contributed by atoms with Crippen LogP contribution in [0.2, 0.25) is 0 Å². The number of guanidine groups is 1. The van der Waals surface area contributed by atoms with Gasteiger partial charge in [-0.3, -0.25) is 15.1 Å². The summed E-state index contributed by atoms with van der Waals surface area (Å²) >= 11 is 0. The van der Waals surface area contributed by atoms with Gasteiger partial charge in [-0.2, -0.15) is 0 Å². The van der Waals surface area contributed by atoms with Gasteiger partial charge in [0.1, 0.15) is 0 Å². The van der Waals surface area contributed by atoms with E-state index in [0.29, 0.717) is 0 Å². The van der Waals surface area contributed by atoms with E-state index in [1.165, 1.54) is 0 Å². The molecule has 134 valence electrons. The predicted molar refractivity (Wildman–Crippen MR) is 106 cm³/mol. The zero-order valence-corrected chi connectivity index (χ0v) is 15.1. The lowest BCUT2D eigenvalue weighted by atomic mass is 9.82. The molecule has 1 amide bonds. The number of carbonyl (C=O) groups excluding carboxylic acids is 1. The van der Waals surface area contributed by atoms with E-state index in [1.54, 1.807) is 4.90 Å². The van der Waals surface area contributed by atoms with Crippen LogP contribution in [0.4, 0.5) is 0 Å². The fourth-order valence-corrected chi connectivity index (χ4v) is 3.76. The Morgan fingerprint density at radius 1 is 0.815 bits per heavy atom. The van der Waals surface area contributed by atoms with Crippen molar-refractivity contribution in [2.24, 2.45) is 0 Å². The quantitative estimate of drug-likeness (QED) is 0.741. The van der Waals surface area contributed by atoms with E-state index in [9.17, 15) is 4.79 Å². The van der Waals surface area contributed by atoms with Crippen molar-refractivity contribution in [1.29, 1.82) is 5.41 Å². The van der Waals surface area contributed by atoms with Crippen LogP contribution >= 0.6 is 0 Å². The van der Waals surface area contributed by atoms with Crippen molar-refractivity contribution in [3.63, 3.8) is 0 Å². The van der Waals surface area contributed by atoms with Gasteiger partial charge in [0.2, 0.25) is 0 Å². The lowest BCUT2D eigenvalue weighted by Crippen LogP contribution is -2.45. The van der Waals surface area contributed by atoms with Crippen LogP contribution in [0.1, 0.15) is 29.7 Å². The largest absolute Gasteiger partial charge is 0.334 e. The Balaban J connectivity index is 1.85. The molecule has 1 aliphatic rings. The standard InChI is InChI=1S/C23H21N3O/c1-17(18-11-5-2-6-12-18)26-21(27)23(25-22(26)24,19-13-7-3-8-14-19)20-15-9-4-10-16-20/h2-17H,1H3,(H2,24,25). The first-order valence-corrected chi connectivity index (χ1v) is 9.01. The van der Waals surface area contributed by atoms with E-state index in [2.05, 4.69) is 5.32 Å². The molecule has 3 aromatic carbocycles. The lowest BCUT2D eigenvalue weighted by Gasteiger charge is -2.29. The smallest absolute Gasteiger partial charge is 0.264 e. The van der Waals surface area contributed by atoms with Gasteiger partial charge in [0.15, 0.2) is 11.5 Å². The van der Waals surface area contributed by atoms with Gasteiger partial charge >= 0.3 is 0 Å². The number of nitrogens with zero attached hydrogens (tertiary/aromatic N) is 1. The summed E-state index contributed by atoms with van der Waals surface area (Å²) in [4.78, 5) is 15.3. The van der Waals surface area contributed by atoms with Crippen LogP contribution in [0.15, 0.2) is 91.0 Å². The summed E-state index contributed by atoms with van der Waals surface area (Å²) < 4.78 is 0. The zero-order valence-electron chi connectivity index (χ0n) is 15.1. The summed E-state index contributed by atoms with van der Waals surface area (Å²) in [6.45, 7) is 1.95. The third kappa shape index (κ3) is 2.70. The van der Waals surface area contributed by atoms with E-state index in [0.717, 1.165) is 16.7 Å². The van der Waals surface area contributed by atoms with Crippen LogP contribution in [-0.4, -0.2) is 16.8 Å². The van der Waals surface area contributed by atoms with E-state index in [4.69, 9.17) is 5.41 Å². The molecular weight excluding hydrogens is 334 g/mol. The second-order valence-corrected chi connectivity index (χ2v) is 6.72. The number of hydrogen-bond acceptors (Lipinski definition) is 2. The highest BCUT2D eigenvalue weighted by atomic mass is 16.2. The van der Waals surface area contributed by atoms with Gasteiger partial charge in [0.05, 0.1) is 6.04 Å². The molecule has 1 heterocycles. The van der Waals surface area contributed by atoms with Gasteiger partial charge in [0.25, 0.3) is 5.91 Å². The summed E-state index contributed by atoms with van der Waals surface area (Å²) in [6.07, 6.45) is 0. The topological polar surface area (TPSA) is 56.2 Å². The molecule has 0 aromatic heterocycles. The van der Waals surface area contributed by atoms with Crippen molar-refractivity contribution in [3.05, 3.63) is 108 Å². The molecule has 4 nitrogen and oxygen atoms in total. The summed E-state index contributed by atoms with van der Waals surface area (Å²) in [7, 11) is 0. The van der Waals surface area contributed by atoms with Crippen molar-refractivity contribution in [3.8, 4) is 0 Å². The fraction of sp³-hybridized carbons (Fsp3) is 0.130. The average molecular weight is 355 g/mol. The molecule has 1 atom stereocenters. The molecule has 0 bridgehead atoms. The lowest BCUT2D eigenvalue weighted by molar-refractivity contribution is -0.131. The van der Waals surface area contributed by atoms with Crippen molar-refractivity contribution in [2.75, 3.05) is 0 Å². The molecule has 2 N–H and O–H groups in total. The Labute approximate surface area is 159 Å². The third-order valence-electron chi connectivity index (χ3n) is 5.17. The fourth-order valence-electron chi connectivity index (χ4n) is 3.76. The monoisotopic (exact) mass is 355 g/mol. The maximum atomic E-state index is 13.8. The first kappa shape index (κ1) is 17.0. The molecule has 4 rings (SSSR count). The van der Waals surface area contributed by atoms with E-state index in [-0.39, 0.29) is 17.9 Å². The second-order valence-electron chi connectivity index (χ2n) is 6.72. The van der Waals surface area contributed by atoms with Crippen molar-refractivity contribution >= 4 is 11.9 Å². The third-order valence-corrected chi connectivity index (χ3v) is 5.17. The Bertz CT molecular complexity index is 915. The Morgan fingerprint density at radius 3 is 1.74 bits per heavy atom. The number of nitrogens with one attached hydrogen (secondary N) is 2. The molecule has 0 radical (unpaired) electrons. The molecule has 3 aromatic rings. The summed E-state index contributed by atoms with van der Waals surface area (Å²) in [5.74, 6) is -0.0229. The molecule has 0 spiro atoms. The minimum Gasteiger partial charge on any atom is -0.334 e. The van der Waals surface area contributed by atoms with Crippen LogP contribution in [-0.2, 0) is 10.3 Å². The summed E-state index contributed by atoms with van der Waals surface area (Å²) in [6, 6.07) is 28.8. The number of carbonyl (C=O) groups is 1. The Morgan fingerprint density at radius 2 is 1.26 bits per heavy atom. The van der Waals surface area contributed by atoms with Gasteiger partial charge in [0, 0.05) is 0 Å². The first-order valence-electron chi connectivity index (χ1n) is 9.01. The van der Waals surface area contributed by atoms with Gasteiger partial charge in [-0.05, 0) is 23.6 Å². The maximum absolute atomic E-state index is 13.8.